The van der Waals surface area contributed by atoms with Crippen LogP contribution in [-0.4, -0.2) is 12.7 Å². The third kappa shape index (κ3) is 1.21. The Kier molecular flexibility index (Phi) is 2.01. The SMILES string of the molecule is CC1c2ccccc2N2c3ccccc3N3CCC1(C)C32. The van der Waals surface area contributed by atoms with Gasteiger partial charge in [-0.05, 0) is 36.1 Å². The van der Waals surface area contributed by atoms with Crippen molar-refractivity contribution in [2.45, 2.75) is 32.4 Å². The number of anilines is 3. The molecule has 3 aliphatic heterocycles. The average molecular weight is 276 g/mol. The van der Waals surface area contributed by atoms with Gasteiger partial charge in [-0.3, -0.25) is 0 Å². The highest BCUT2D eigenvalue weighted by molar-refractivity contribution is 5.87. The van der Waals surface area contributed by atoms with Crippen molar-refractivity contribution in [3.63, 3.8) is 0 Å². The molecular weight excluding hydrogens is 256 g/mol. The van der Waals surface area contributed by atoms with E-state index in [4.69, 9.17) is 0 Å². The fourth-order valence-corrected chi connectivity index (χ4v) is 4.83. The summed E-state index contributed by atoms with van der Waals surface area (Å²) in [4.78, 5) is 5.22. The van der Waals surface area contributed by atoms with Crippen molar-refractivity contribution >= 4 is 17.1 Å². The first-order chi connectivity index (χ1) is 10.2. The molecule has 0 aliphatic carbocycles. The van der Waals surface area contributed by atoms with Crippen LogP contribution in [-0.2, 0) is 0 Å². The number of hydrogen-bond donors (Lipinski definition) is 0. The smallest absolute Gasteiger partial charge is 0.112 e. The van der Waals surface area contributed by atoms with E-state index in [1.807, 2.05) is 0 Å². The molecule has 0 N–H and O–H groups in total. The zero-order valence-electron chi connectivity index (χ0n) is 12.6. The number of benzene rings is 2. The fourth-order valence-electron chi connectivity index (χ4n) is 4.83. The lowest BCUT2D eigenvalue weighted by atomic mass is 9.68. The lowest BCUT2D eigenvalue weighted by Gasteiger charge is -2.48. The summed E-state index contributed by atoms with van der Waals surface area (Å²) in [6, 6.07) is 17.9. The zero-order chi connectivity index (χ0) is 14.2. The largest absolute Gasteiger partial charge is 0.349 e. The molecule has 0 saturated carbocycles. The molecular formula is C19H20N2. The third-order valence-electron chi connectivity index (χ3n) is 6.12. The summed E-state index contributed by atoms with van der Waals surface area (Å²) in [5, 5.41) is 0. The Bertz CT molecular complexity index is 738. The number of rotatable bonds is 0. The lowest BCUT2D eigenvalue weighted by Crippen LogP contribution is -2.50. The van der Waals surface area contributed by atoms with Crippen molar-refractivity contribution in [3.8, 4) is 0 Å². The number of fused-ring (bicyclic) bond motifs is 5. The van der Waals surface area contributed by atoms with Gasteiger partial charge in [0.2, 0.25) is 0 Å². The molecule has 1 saturated heterocycles. The third-order valence-corrected chi connectivity index (χ3v) is 6.12. The second-order valence-corrected chi connectivity index (χ2v) is 6.96. The van der Waals surface area contributed by atoms with Crippen LogP contribution in [0.2, 0.25) is 0 Å². The minimum atomic E-state index is 0.327. The van der Waals surface area contributed by atoms with Crippen LogP contribution in [0.15, 0.2) is 48.5 Å². The van der Waals surface area contributed by atoms with Gasteiger partial charge in [0.25, 0.3) is 0 Å². The van der Waals surface area contributed by atoms with E-state index in [1.54, 1.807) is 0 Å². The minimum absolute atomic E-state index is 0.327. The van der Waals surface area contributed by atoms with Crippen molar-refractivity contribution in [2.75, 3.05) is 16.3 Å². The molecule has 2 heteroatoms. The van der Waals surface area contributed by atoms with Crippen molar-refractivity contribution in [3.05, 3.63) is 54.1 Å². The van der Waals surface area contributed by atoms with Crippen LogP contribution in [0.25, 0.3) is 0 Å². The molecule has 0 aromatic heterocycles. The molecule has 3 aliphatic rings. The quantitative estimate of drug-likeness (QED) is 0.699. The van der Waals surface area contributed by atoms with E-state index in [0.717, 1.165) is 0 Å². The summed E-state index contributed by atoms with van der Waals surface area (Å²) in [5.41, 5.74) is 6.04. The molecule has 21 heavy (non-hydrogen) atoms. The monoisotopic (exact) mass is 276 g/mol. The van der Waals surface area contributed by atoms with Gasteiger partial charge in [0.1, 0.15) is 6.17 Å². The van der Waals surface area contributed by atoms with E-state index in [2.05, 4.69) is 72.2 Å². The maximum atomic E-state index is 2.63. The Hall–Kier alpha value is -1.96. The molecule has 2 nitrogen and oxygen atoms in total. The Balaban J connectivity index is 1.84. The number of para-hydroxylation sites is 3. The predicted molar refractivity (Wildman–Crippen MR) is 87.3 cm³/mol. The van der Waals surface area contributed by atoms with Gasteiger partial charge >= 0.3 is 0 Å². The maximum Gasteiger partial charge on any atom is 0.112 e. The predicted octanol–water partition coefficient (Wildman–Crippen LogP) is 4.50. The van der Waals surface area contributed by atoms with Gasteiger partial charge in [-0.15, -0.1) is 0 Å². The van der Waals surface area contributed by atoms with Crippen LogP contribution in [0.4, 0.5) is 17.1 Å². The van der Waals surface area contributed by atoms with Crippen LogP contribution in [0.1, 0.15) is 31.7 Å². The van der Waals surface area contributed by atoms with Gasteiger partial charge in [-0.25, -0.2) is 0 Å². The van der Waals surface area contributed by atoms with Crippen LogP contribution < -0.4 is 9.80 Å². The van der Waals surface area contributed by atoms with Gasteiger partial charge in [0.15, 0.2) is 0 Å². The van der Waals surface area contributed by atoms with Crippen LogP contribution in [0, 0.1) is 5.41 Å². The molecule has 3 atom stereocenters. The first-order valence-electron chi connectivity index (χ1n) is 7.96. The molecule has 0 spiro atoms. The van der Waals surface area contributed by atoms with E-state index < -0.39 is 0 Å². The normalized spacial score (nSPS) is 31.9. The van der Waals surface area contributed by atoms with Gasteiger partial charge in [-0.1, -0.05) is 44.2 Å². The van der Waals surface area contributed by atoms with Crippen molar-refractivity contribution in [2.24, 2.45) is 5.41 Å². The molecule has 5 rings (SSSR count). The highest BCUT2D eigenvalue weighted by Gasteiger charge is 2.57. The van der Waals surface area contributed by atoms with Crippen LogP contribution in [0.3, 0.4) is 0 Å². The fraction of sp³-hybridized carbons (Fsp3) is 0.368. The highest BCUT2D eigenvalue weighted by atomic mass is 15.5. The Labute approximate surface area is 126 Å². The minimum Gasteiger partial charge on any atom is -0.349 e. The maximum absolute atomic E-state index is 2.63. The molecule has 3 heterocycles. The van der Waals surface area contributed by atoms with E-state index in [9.17, 15) is 0 Å². The average Bonchev–Trinajstić information content (AvgIpc) is 3.04. The van der Waals surface area contributed by atoms with E-state index >= 15 is 0 Å². The van der Waals surface area contributed by atoms with Gasteiger partial charge in [0, 0.05) is 17.6 Å². The molecule has 1 fully saturated rings. The molecule has 3 unspecified atom stereocenters. The van der Waals surface area contributed by atoms with Gasteiger partial charge in [0.05, 0.1) is 11.4 Å². The van der Waals surface area contributed by atoms with Crippen molar-refractivity contribution in [1.29, 1.82) is 0 Å². The topological polar surface area (TPSA) is 6.48 Å². The summed E-state index contributed by atoms with van der Waals surface area (Å²) >= 11 is 0. The summed E-state index contributed by atoms with van der Waals surface area (Å²) in [6.45, 7) is 6.08. The molecule has 2 aromatic rings. The molecule has 0 radical (unpaired) electrons. The van der Waals surface area contributed by atoms with Gasteiger partial charge < -0.3 is 9.80 Å². The van der Waals surface area contributed by atoms with E-state index in [0.29, 0.717) is 17.5 Å². The van der Waals surface area contributed by atoms with E-state index in [1.165, 1.54) is 35.6 Å². The first kappa shape index (κ1) is 11.7. The zero-order valence-corrected chi connectivity index (χ0v) is 12.6. The molecule has 0 amide bonds. The lowest BCUT2D eigenvalue weighted by molar-refractivity contribution is 0.233. The first-order valence-corrected chi connectivity index (χ1v) is 7.96. The summed E-state index contributed by atoms with van der Waals surface area (Å²) < 4.78 is 0. The number of hydrogen-bond acceptors (Lipinski definition) is 2. The van der Waals surface area contributed by atoms with E-state index in [-0.39, 0.29) is 0 Å². The Morgan fingerprint density at radius 2 is 1.62 bits per heavy atom. The van der Waals surface area contributed by atoms with Crippen molar-refractivity contribution in [1.82, 2.24) is 0 Å². The summed E-state index contributed by atoms with van der Waals surface area (Å²) in [5.74, 6) is 0.606. The standard InChI is InChI=1S/C19H20N2/c1-13-14-7-3-4-8-15(14)21-17-10-6-5-9-16(17)20-12-11-19(13,2)18(20)21/h3-10,13,18H,11-12H2,1-2H3. The second-order valence-electron chi connectivity index (χ2n) is 6.96. The summed E-state index contributed by atoms with van der Waals surface area (Å²) in [6.07, 6.45) is 1.76. The Morgan fingerprint density at radius 3 is 2.43 bits per heavy atom. The highest BCUT2D eigenvalue weighted by Crippen LogP contribution is 2.62. The Morgan fingerprint density at radius 1 is 0.952 bits per heavy atom. The molecule has 0 bridgehead atoms. The van der Waals surface area contributed by atoms with Crippen LogP contribution in [0.5, 0.6) is 0 Å². The summed E-state index contributed by atoms with van der Waals surface area (Å²) in [7, 11) is 0. The van der Waals surface area contributed by atoms with Crippen molar-refractivity contribution < 1.29 is 0 Å². The number of nitrogens with zero attached hydrogens (tertiary/aromatic N) is 2. The van der Waals surface area contributed by atoms with Gasteiger partial charge in [-0.2, -0.15) is 0 Å². The van der Waals surface area contributed by atoms with Crippen LogP contribution >= 0.6 is 0 Å². The molecule has 2 aromatic carbocycles. The second kappa shape index (κ2) is 3.62. The molecule has 106 valence electrons.